The Morgan fingerprint density at radius 1 is 1.32 bits per heavy atom. The van der Waals surface area contributed by atoms with Gasteiger partial charge in [-0.25, -0.2) is 9.37 Å². The fourth-order valence-electron chi connectivity index (χ4n) is 5.45. The van der Waals surface area contributed by atoms with Crippen LogP contribution >= 0.6 is 0 Å². The zero-order valence-electron chi connectivity index (χ0n) is 22.1. The number of carboxylic acid groups (broad SMARTS) is 1. The normalized spacial score (nSPS) is 21.3. The van der Waals surface area contributed by atoms with Crippen LogP contribution in [0.5, 0.6) is 5.75 Å². The smallest absolute Gasteiger partial charge is 0.325 e. The second-order valence-electron chi connectivity index (χ2n) is 11.1. The molecule has 5 rings (SSSR count). The number of pyridine rings is 1. The molecule has 0 bridgehead atoms. The highest BCUT2D eigenvalue weighted by molar-refractivity contribution is 5.77. The number of aryl methyl sites for hydroxylation is 2. The second-order valence-corrected chi connectivity index (χ2v) is 11.1. The van der Waals surface area contributed by atoms with E-state index in [1.165, 1.54) is 11.6 Å². The zero-order valence-corrected chi connectivity index (χ0v) is 22.1. The molecule has 8 nitrogen and oxygen atoms in total. The van der Waals surface area contributed by atoms with Crippen LogP contribution in [0.1, 0.15) is 55.5 Å². The monoisotopic (exact) mass is 527 g/mol. The summed E-state index contributed by atoms with van der Waals surface area (Å²) in [7, 11) is 0. The Morgan fingerprint density at radius 3 is 2.97 bits per heavy atom. The van der Waals surface area contributed by atoms with Gasteiger partial charge in [0.25, 0.3) is 0 Å². The summed E-state index contributed by atoms with van der Waals surface area (Å²) < 4.78 is 32.0. The van der Waals surface area contributed by atoms with E-state index in [0.29, 0.717) is 38.5 Å². The minimum atomic E-state index is -1.02. The van der Waals surface area contributed by atoms with Crippen LogP contribution in [0.25, 0.3) is 0 Å². The van der Waals surface area contributed by atoms with Crippen LogP contribution in [-0.2, 0) is 27.1 Å². The molecule has 2 N–H and O–H groups in total. The van der Waals surface area contributed by atoms with E-state index in [4.69, 9.17) is 19.2 Å². The Balaban J connectivity index is 1.12. The van der Waals surface area contributed by atoms with Crippen molar-refractivity contribution < 1.29 is 28.5 Å². The Kier molecular flexibility index (Phi) is 8.45. The number of likely N-dealkylation sites (tertiary alicyclic amines) is 1. The topological polar surface area (TPSA) is 93.2 Å². The van der Waals surface area contributed by atoms with Crippen molar-refractivity contribution in [2.75, 3.05) is 51.4 Å². The molecule has 1 unspecified atom stereocenters. The van der Waals surface area contributed by atoms with E-state index in [1.54, 1.807) is 12.1 Å². The van der Waals surface area contributed by atoms with Crippen LogP contribution in [0, 0.1) is 11.2 Å². The number of hydrogen-bond acceptors (Lipinski definition) is 7. The van der Waals surface area contributed by atoms with Crippen molar-refractivity contribution in [2.24, 2.45) is 5.41 Å². The van der Waals surface area contributed by atoms with Gasteiger partial charge in [0.2, 0.25) is 0 Å². The first-order valence-corrected chi connectivity index (χ1v) is 13.7. The summed E-state index contributed by atoms with van der Waals surface area (Å²) in [4.78, 5) is 19.0. The van der Waals surface area contributed by atoms with Crippen LogP contribution in [0.2, 0.25) is 0 Å². The molecule has 9 heteroatoms. The predicted molar refractivity (Wildman–Crippen MR) is 141 cm³/mol. The van der Waals surface area contributed by atoms with E-state index in [2.05, 4.69) is 17.4 Å². The van der Waals surface area contributed by atoms with Gasteiger partial charge in [0.15, 0.2) is 11.6 Å². The third kappa shape index (κ3) is 6.27. The van der Waals surface area contributed by atoms with Gasteiger partial charge in [-0.2, -0.15) is 0 Å². The van der Waals surface area contributed by atoms with Crippen LogP contribution in [0.3, 0.4) is 0 Å². The number of hydrogen-bond donors (Lipinski definition) is 2. The van der Waals surface area contributed by atoms with E-state index in [1.807, 2.05) is 11.8 Å². The van der Waals surface area contributed by atoms with Crippen LogP contribution in [-0.4, -0.2) is 73.1 Å². The van der Waals surface area contributed by atoms with Gasteiger partial charge >= 0.3 is 5.97 Å². The number of anilines is 1. The van der Waals surface area contributed by atoms with Gasteiger partial charge in [0, 0.05) is 42.9 Å². The molecule has 0 saturated carbocycles. The molecule has 2 saturated heterocycles. The first-order chi connectivity index (χ1) is 18.4. The number of aliphatic carboxylic acids is 1. The number of fused-ring (bicyclic) bond motifs is 1. The number of aromatic nitrogens is 1. The molecular formula is C29H38FN3O5. The summed E-state index contributed by atoms with van der Waals surface area (Å²) in [5.74, 6) is -0.523. The average molecular weight is 528 g/mol. The van der Waals surface area contributed by atoms with Crippen molar-refractivity contribution in [1.82, 2.24) is 9.88 Å². The standard InChI is InChI=1S/C29H38FN3O5/c1-29(17-36-18-29)19-38-26-23(8-4-9-24(26)30)25(28(34)35)33-14-12-22(16-33)37-15-3-2-7-21-11-10-20-6-5-13-31-27(20)32-21/h4,8-11,22,25H,2-3,5-7,12-19H2,1H3,(H,31,32)(H,34,35)/t22-,25?/m1/s1. The Hall–Kier alpha value is -2.75. The highest BCUT2D eigenvalue weighted by atomic mass is 19.1. The van der Waals surface area contributed by atoms with Gasteiger partial charge in [-0.05, 0) is 56.2 Å². The number of nitrogens with one attached hydrogen (secondary N) is 1. The lowest BCUT2D eigenvalue weighted by Gasteiger charge is -2.38. The third-order valence-corrected chi connectivity index (χ3v) is 7.67. The molecule has 2 atom stereocenters. The highest BCUT2D eigenvalue weighted by Gasteiger charge is 2.38. The van der Waals surface area contributed by atoms with Gasteiger partial charge < -0.3 is 24.6 Å². The van der Waals surface area contributed by atoms with Gasteiger partial charge in [0.05, 0.1) is 25.9 Å². The molecule has 0 amide bonds. The quantitative estimate of drug-likeness (QED) is 0.396. The Bertz CT molecular complexity index is 1130. The molecule has 1 aromatic carbocycles. The summed E-state index contributed by atoms with van der Waals surface area (Å²) in [6.45, 7) is 6.03. The average Bonchev–Trinajstić information content (AvgIpc) is 3.35. The van der Waals surface area contributed by atoms with Crippen LogP contribution in [0.15, 0.2) is 30.3 Å². The summed E-state index contributed by atoms with van der Waals surface area (Å²) >= 11 is 0. The number of halogens is 1. The summed E-state index contributed by atoms with van der Waals surface area (Å²) in [6.07, 6.45) is 5.74. The number of benzene rings is 1. The second kappa shape index (κ2) is 12.0. The molecule has 2 fully saturated rings. The van der Waals surface area contributed by atoms with Crippen molar-refractivity contribution >= 4 is 11.8 Å². The van der Waals surface area contributed by atoms with Crippen molar-refractivity contribution in [3.63, 3.8) is 0 Å². The van der Waals surface area contributed by atoms with Crippen molar-refractivity contribution in [3.05, 3.63) is 53.0 Å². The molecule has 4 heterocycles. The molecule has 1 aromatic heterocycles. The van der Waals surface area contributed by atoms with E-state index in [-0.39, 0.29) is 23.9 Å². The van der Waals surface area contributed by atoms with Crippen LogP contribution < -0.4 is 10.1 Å². The first kappa shape index (κ1) is 26.8. The fourth-order valence-corrected chi connectivity index (χ4v) is 5.45. The van der Waals surface area contributed by atoms with Gasteiger partial charge in [0.1, 0.15) is 11.9 Å². The SMILES string of the molecule is CC1(COc2c(F)cccc2C(C(=O)O)N2CC[C@@H](OCCCCc3ccc4c(n3)NCCC4)C2)COC1. The maximum Gasteiger partial charge on any atom is 0.325 e. The van der Waals surface area contributed by atoms with Gasteiger partial charge in [-0.3, -0.25) is 9.69 Å². The maximum absolute atomic E-state index is 14.8. The molecular weight excluding hydrogens is 489 g/mol. The Labute approximate surface area is 223 Å². The highest BCUT2D eigenvalue weighted by Crippen LogP contribution is 2.36. The number of para-hydroxylation sites is 1. The summed E-state index contributed by atoms with van der Waals surface area (Å²) in [5, 5.41) is 13.5. The molecule has 38 heavy (non-hydrogen) atoms. The number of ether oxygens (including phenoxy) is 3. The van der Waals surface area contributed by atoms with Gasteiger partial charge in [-0.15, -0.1) is 0 Å². The molecule has 0 spiro atoms. The van der Waals surface area contributed by atoms with E-state index in [9.17, 15) is 14.3 Å². The van der Waals surface area contributed by atoms with Crippen molar-refractivity contribution in [1.29, 1.82) is 0 Å². The molecule has 3 aliphatic heterocycles. The van der Waals surface area contributed by atoms with Gasteiger partial charge in [-0.1, -0.05) is 25.1 Å². The number of rotatable bonds is 12. The van der Waals surface area contributed by atoms with Crippen molar-refractivity contribution in [3.8, 4) is 5.75 Å². The van der Waals surface area contributed by atoms with E-state index >= 15 is 0 Å². The first-order valence-electron chi connectivity index (χ1n) is 13.7. The number of nitrogens with zero attached hydrogens (tertiary/aromatic N) is 2. The molecule has 2 aromatic rings. The largest absolute Gasteiger partial charge is 0.489 e. The predicted octanol–water partition coefficient (Wildman–Crippen LogP) is 4.23. The molecule has 206 valence electrons. The minimum Gasteiger partial charge on any atom is -0.489 e. The molecule has 0 aliphatic carbocycles. The lowest BCUT2D eigenvalue weighted by atomic mass is 9.90. The lowest BCUT2D eigenvalue weighted by molar-refractivity contribution is -0.143. The van der Waals surface area contributed by atoms with Crippen LogP contribution in [0.4, 0.5) is 10.2 Å². The number of unbranched alkanes of at least 4 members (excludes halogenated alkanes) is 1. The minimum absolute atomic E-state index is 0.0170. The lowest BCUT2D eigenvalue weighted by Crippen LogP contribution is -2.44. The maximum atomic E-state index is 14.8. The van der Waals surface area contributed by atoms with E-state index < -0.39 is 17.8 Å². The Morgan fingerprint density at radius 2 is 2.18 bits per heavy atom. The van der Waals surface area contributed by atoms with E-state index in [0.717, 1.165) is 56.6 Å². The third-order valence-electron chi connectivity index (χ3n) is 7.67. The molecule has 0 radical (unpaired) electrons. The summed E-state index contributed by atoms with van der Waals surface area (Å²) in [5.41, 5.74) is 2.56. The van der Waals surface area contributed by atoms with Crippen molar-refractivity contribution in [2.45, 2.75) is 57.6 Å². The fraction of sp³-hybridized carbons (Fsp3) is 0.586. The number of carbonyl (C=O) groups is 1. The number of carboxylic acids is 1. The zero-order chi connectivity index (χ0) is 26.5. The summed E-state index contributed by atoms with van der Waals surface area (Å²) in [6, 6.07) is 7.81. The molecule has 3 aliphatic rings.